The molecular weight excluding hydrogens is 486 g/mol. The molecule has 0 aliphatic carbocycles. The summed E-state index contributed by atoms with van der Waals surface area (Å²) in [7, 11) is 4.48. The van der Waals surface area contributed by atoms with Gasteiger partial charge in [-0.1, -0.05) is 12.1 Å². The van der Waals surface area contributed by atoms with Gasteiger partial charge >= 0.3 is 0 Å². The molecule has 2 fully saturated rings. The first-order valence-corrected chi connectivity index (χ1v) is 12.0. The zero-order valence-electron chi connectivity index (χ0n) is 20.2. The number of imide groups is 1. The lowest BCUT2D eigenvalue weighted by Crippen LogP contribution is -2.38. The van der Waals surface area contributed by atoms with Gasteiger partial charge in [-0.3, -0.25) is 19.3 Å². The number of morpholine rings is 1. The maximum Gasteiger partial charge on any atom is 0.294 e. The van der Waals surface area contributed by atoms with E-state index in [4.69, 9.17) is 18.9 Å². The van der Waals surface area contributed by atoms with E-state index in [2.05, 4.69) is 10.2 Å². The van der Waals surface area contributed by atoms with Gasteiger partial charge in [-0.2, -0.15) is 0 Å². The van der Waals surface area contributed by atoms with Crippen molar-refractivity contribution in [3.8, 4) is 17.2 Å². The van der Waals surface area contributed by atoms with E-state index >= 15 is 0 Å². The van der Waals surface area contributed by atoms with Gasteiger partial charge in [0.2, 0.25) is 11.7 Å². The van der Waals surface area contributed by atoms with E-state index in [1.165, 1.54) is 21.3 Å². The molecule has 0 saturated carbocycles. The van der Waals surface area contributed by atoms with Crippen LogP contribution in [0.3, 0.4) is 0 Å². The Hall–Kier alpha value is -3.70. The maximum absolute atomic E-state index is 13.0. The summed E-state index contributed by atoms with van der Waals surface area (Å²) >= 11 is 0.771. The van der Waals surface area contributed by atoms with Crippen molar-refractivity contribution < 1.29 is 33.3 Å². The number of carbonyl (C=O) groups excluding carboxylic acids is 3. The summed E-state index contributed by atoms with van der Waals surface area (Å²) < 4.78 is 21.4. The number of benzene rings is 2. The first kappa shape index (κ1) is 25.4. The predicted octanol–water partition coefficient (Wildman–Crippen LogP) is 3.22. The van der Waals surface area contributed by atoms with E-state index < -0.39 is 23.6 Å². The first-order chi connectivity index (χ1) is 17.4. The van der Waals surface area contributed by atoms with Gasteiger partial charge < -0.3 is 29.2 Å². The molecule has 0 radical (unpaired) electrons. The molecule has 2 saturated heterocycles. The minimum atomic E-state index is -0.546. The Morgan fingerprint density at radius 1 is 1.06 bits per heavy atom. The van der Waals surface area contributed by atoms with E-state index in [-0.39, 0.29) is 4.91 Å². The summed E-state index contributed by atoms with van der Waals surface area (Å²) in [5.74, 6) is 0.239. The molecule has 2 heterocycles. The summed E-state index contributed by atoms with van der Waals surface area (Å²) in [6.07, 6.45) is 1.56. The van der Waals surface area contributed by atoms with Gasteiger partial charge in [0.15, 0.2) is 11.5 Å². The van der Waals surface area contributed by atoms with E-state index in [1.54, 1.807) is 24.3 Å². The summed E-state index contributed by atoms with van der Waals surface area (Å²) in [5, 5.41) is 2.32. The highest BCUT2D eigenvalue weighted by Gasteiger charge is 2.36. The molecule has 2 aliphatic rings. The second kappa shape index (κ2) is 11.4. The number of para-hydroxylation sites is 2. The lowest BCUT2D eigenvalue weighted by Gasteiger charge is -2.30. The Balaban J connectivity index is 1.48. The van der Waals surface area contributed by atoms with E-state index in [1.807, 2.05) is 18.2 Å². The summed E-state index contributed by atoms with van der Waals surface area (Å²) in [5.41, 5.74) is 2.06. The van der Waals surface area contributed by atoms with E-state index in [0.717, 1.165) is 22.3 Å². The first-order valence-electron chi connectivity index (χ1n) is 11.2. The highest BCUT2D eigenvalue weighted by atomic mass is 32.2. The molecule has 3 amide bonds. The number of nitrogens with zero attached hydrogens (tertiary/aromatic N) is 2. The molecule has 0 atom stereocenters. The predicted molar refractivity (Wildman–Crippen MR) is 137 cm³/mol. The standard InChI is InChI=1S/C25H27N3O7S/c1-32-19-12-16(13-20(33-2)23(19)34-3)14-21-24(30)28(25(31)36-21)15-22(29)26-17-6-4-5-7-18(17)27-8-10-35-11-9-27/h4-7,12-14H,8-11,15H2,1-3H3,(H,26,29)/b21-14+. The molecule has 2 aliphatic heterocycles. The van der Waals surface area contributed by atoms with Crippen LogP contribution >= 0.6 is 11.8 Å². The molecule has 10 nitrogen and oxygen atoms in total. The fourth-order valence-corrected chi connectivity index (χ4v) is 4.80. The molecule has 2 aromatic carbocycles. The van der Waals surface area contributed by atoms with Crippen LogP contribution in [0.25, 0.3) is 6.08 Å². The van der Waals surface area contributed by atoms with Crippen molar-refractivity contribution in [2.75, 3.05) is 64.4 Å². The minimum absolute atomic E-state index is 0.191. The number of rotatable bonds is 8. The Kier molecular flexibility index (Phi) is 8.01. The Morgan fingerprint density at radius 3 is 2.36 bits per heavy atom. The number of anilines is 2. The number of nitrogens with one attached hydrogen (secondary N) is 1. The summed E-state index contributed by atoms with van der Waals surface area (Å²) in [6.45, 7) is 2.24. The zero-order chi connectivity index (χ0) is 25.7. The molecule has 2 aromatic rings. The van der Waals surface area contributed by atoms with Crippen molar-refractivity contribution in [1.82, 2.24) is 4.90 Å². The van der Waals surface area contributed by atoms with E-state index in [9.17, 15) is 14.4 Å². The molecular formula is C25H27N3O7S. The third-order valence-electron chi connectivity index (χ3n) is 5.69. The second-order valence-electron chi connectivity index (χ2n) is 7.89. The van der Waals surface area contributed by atoms with Crippen molar-refractivity contribution in [2.24, 2.45) is 0 Å². The van der Waals surface area contributed by atoms with Crippen LogP contribution in [0.15, 0.2) is 41.3 Å². The minimum Gasteiger partial charge on any atom is -0.493 e. The highest BCUT2D eigenvalue weighted by Crippen LogP contribution is 2.40. The summed E-state index contributed by atoms with van der Waals surface area (Å²) in [4.78, 5) is 41.6. The van der Waals surface area contributed by atoms with Gasteiger partial charge in [0.1, 0.15) is 6.54 Å². The SMILES string of the molecule is COc1cc(/C=C2/SC(=O)N(CC(=O)Nc3ccccc3N3CCOCC3)C2=O)cc(OC)c1OC. The van der Waals surface area contributed by atoms with Crippen LogP contribution in [0.5, 0.6) is 17.2 Å². The second-order valence-corrected chi connectivity index (χ2v) is 8.88. The quantitative estimate of drug-likeness (QED) is 0.533. The van der Waals surface area contributed by atoms with Crippen molar-refractivity contribution in [3.63, 3.8) is 0 Å². The van der Waals surface area contributed by atoms with E-state index in [0.29, 0.717) is 54.8 Å². The number of hydrogen-bond acceptors (Lipinski definition) is 9. The summed E-state index contributed by atoms with van der Waals surface area (Å²) in [6, 6.07) is 10.8. The average Bonchev–Trinajstić information content (AvgIpc) is 3.15. The maximum atomic E-state index is 13.0. The zero-order valence-corrected chi connectivity index (χ0v) is 21.1. The van der Waals surface area contributed by atoms with Gasteiger partial charge in [0.05, 0.1) is 50.8 Å². The van der Waals surface area contributed by atoms with Crippen molar-refractivity contribution in [2.45, 2.75) is 0 Å². The molecule has 0 unspecified atom stereocenters. The Bertz CT molecular complexity index is 1170. The number of amides is 3. The van der Waals surface area contributed by atoms with Crippen LogP contribution < -0.4 is 24.4 Å². The normalized spacial score (nSPS) is 16.9. The number of methoxy groups -OCH3 is 3. The molecule has 11 heteroatoms. The largest absolute Gasteiger partial charge is 0.493 e. The lowest BCUT2D eigenvalue weighted by atomic mass is 10.1. The highest BCUT2D eigenvalue weighted by molar-refractivity contribution is 8.18. The Morgan fingerprint density at radius 2 is 1.72 bits per heavy atom. The molecule has 1 N–H and O–H groups in total. The van der Waals surface area contributed by atoms with Crippen LogP contribution in [0, 0.1) is 0 Å². The fourth-order valence-electron chi connectivity index (χ4n) is 3.97. The van der Waals surface area contributed by atoms with Gasteiger partial charge in [-0.15, -0.1) is 0 Å². The van der Waals surface area contributed by atoms with Crippen LogP contribution in [0.4, 0.5) is 16.2 Å². The fraction of sp³-hybridized carbons (Fsp3) is 0.320. The third kappa shape index (κ3) is 5.42. The molecule has 0 bridgehead atoms. The van der Waals surface area contributed by atoms with Crippen molar-refractivity contribution >= 4 is 46.3 Å². The average molecular weight is 514 g/mol. The van der Waals surface area contributed by atoms with Crippen LogP contribution in [0.2, 0.25) is 0 Å². The Labute approximate surface area is 213 Å². The van der Waals surface area contributed by atoms with Crippen LogP contribution in [-0.4, -0.2) is 76.1 Å². The van der Waals surface area contributed by atoms with Gasteiger partial charge in [-0.05, 0) is 47.7 Å². The molecule has 0 aromatic heterocycles. The van der Waals surface area contributed by atoms with Crippen molar-refractivity contribution in [3.05, 3.63) is 46.9 Å². The third-order valence-corrected chi connectivity index (χ3v) is 6.60. The number of carbonyl (C=O) groups is 3. The number of hydrogen-bond donors (Lipinski definition) is 1. The molecule has 0 spiro atoms. The molecule has 36 heavy (non-hydrogen) atoms. The van der Waals surface area contributed by atoms with Crippen molar-refractivity contribution in [1.29, 1.82) is 0 Å². The smallest absolute Gasteiger partial charge is 0.294 e. The molecule has 4 rings (SSSR count). The number of ether oxygens (including phenoxy) is 4. The van der Waals surface area contributed by atoms with Crippen LogP contribution in [-0.2, 0) is 14.3 Å². The molecule has 190 valence electrons. The van der Waals surface area contributed by atoms with Gasteiger partial charge in [0, 0.05) is 13.1 Å². The van der Waals surface area contributed by atoms with Gasteiger partial charge in [-0.25, -0.2) is 0 Å². The monoisotopic (exact) mass is 513 g/mol. The lowest BCUT2D eigenvalue weighted by molar-refractivity contribution is -0.127. The topological polar surface area (TPSA) is 107 Å². The van der Waals surface area contributed by atoms with Gasteiger partial charge in [0.25, 0.3) is 11.1 Å². The number of thioether (sulfide) groups is 1. The van der Waals surface area contributed by atoms with Crippen LogP contribution in [0.1, 0.15) is 5.56 Å².